The Kier molecular flexibility index (Phi) is 6.83. The SMILES string of the molecule is COC1CCN(C(C)(C)CNC(=O)C(N)C2CCOCC2)CC1. The minimum atomic E-state index is -0.422. The van der Waals surface area contributed by atoms with Crippen LogP contribution in [0, 0.1) is 5.92 Å². The summed E-state index contributed by atoms with van der Waals surface area (Å²) in [5.41, 5.74) is 6.07. The lowest BCUT2D eigenvalue weighted by Crippen LogP contribution is -2.57. The van der Waals surface area contributed by atoms with Crippen LogP contribution in [0.2, 0.25) is 0 Å². The molecule has 0 bridgehead atoms. The molecule has 0 aromatic rings. The first-order valence-electron chi connectivity index (χ1n) is 8.83. The van der Waals surface area contributed by atoms with E-state index < -0.39 is 6.04 Å². The van der Waals surface area contributed by atoms with E-state index in [1.807, 2.05) is 0 Å². The fourth-order valence-electron chi connectivity index (χ4n) is 3.52. The molecule has 2 aliphatic rings. The maximum absolute atomic E-state index is 12.4. The highest BCUT2D eigenvalue weighted by Crippen LogP contribution is 2.22. The van der Waals surface area contributed by atoms with Gasteiger partial charge in [-0.1, -0.05) is 0 Å². The second kappa shape index (κ2) is 8.42. The number of likely N-dealkylation sites (tertiary alicyclic amines) is 1. The van der Waals surface area contributed by atoms with Crippen molar-refractivity contribution in [1.29, 1.82) is 0 Å². The third-order valence-corrected chi connectivity index (χ3v) is 5.40. The number of nitrogens with zero attached hydrogens (tertiary/aromatic N) is 1. The van der Waals surface area contributed by atoms with Gasteiger partial charge in [0, 0.05) is 45.5 Å². The number of carbonyl (C=O) groups is 1. The van der Waals surface area contributed by atoms with E-state index in [1.54, 1.807) is 7.11 Å². The molecule has 134 valence electrons. The van der Waals surface area contributed by atoms with Gasteiger partial charge in [0.1, 0.15) is 0 Å². The molecule has 0 spiro atoms. The van der Waals surface area contributed by atoms with Crippen LogP contribution in [0.3, 0.4) is 0 Å². The predicted molar refractivity (Wildman–Crippen MR) is 90.2 cm³/mol. The number of hydrogen-bond acceptors (Lipinski definition) is 5. The van der Waals surface area contributed by atoms with Crippen LogP contribution in [0.25, 0.3) is 0 Å². The summed E-state index contributed by atoms with van der Waals surface area (Å²) in [6.07, 6.45) is 4.23. The second-order valence-electron chi connectivity index (χ2n) is 7.43. The lowest BCUT2D eigenvalue weighted by atomic mass is 9.91. The summed E-state index contributed by atoms with van der Waals surface area (Å²) in [6, 6.07) is -0.422. The molecular formula is C17H33N3O3. The van der Waals surface area contributed by atoms with E-state index in [0.717, 1.165) is 38.8 Å². The van der Waals surface area contributed by atoms with Crippen LogP contribution in [0.15, 0.2) is 0 Å². The number of nitrogens with two attached hydrogens (primary N) is 1. The van der Waals surface area contributed by atoms with Gasteiger partial charge in [0.05, 0.1) is 12.1 Å². The number of carbonyl (C=O) groups excluding carboxylic acids is 1. The maximum Gasteiger partial charge on any atom is 0.237 e. The molecule has 3 N–H and O–H groups in total. The van der Waals surface area contributed by atoms with E-state index in [0.29, 0.717) is 25.9 Å². The summed E-state index contributed by atoms with van der Waals surface area (Å²) in [5.74, 6) is 0.209. The number of hydrogen-bond donors (Lipinski definition) is 2. The zero-order chi connectivity index (χ0) is 16.9. The molecule has 0 aliphatic carbocycles. The van der Waals surface area contributed by atoms with Crippen LogP contribution in [0.1, 0.15) is 39.5 Å². The first-order valence-corrected chi connectivity index (χ1v) is 8.83. The van der Waals surface area contributed by atoms with Crippen LogP contribution in [-0.2, 0) is 14.3 Å². The largest absolute Gasteiger partial charge is 0.381 e. The zero-order valence-corrected chi connectivity index (χ0v) is 14.8. The molecule has 0 aromatic carbocycles. The average Bonchev–Trinajstić information content (AvgIpc) is 2.60. The lowest BCUT2D eigenvalue weighted by Gasteiger charge is -2.43. The Hall–Kier alpha value is -0.690. The van der Waals surface area contributed by atoms with Crippen molar-refractivity contribution in [3.63, 3.8) is 0 Å². The van der Waals surface area contributed by atoms with Gasteiger partial charge < -0.3 is 20.5 Å². The van der Waals surface area contributed by atoms with Crippen molar-refractivity contribution in [3.8, 4) is 0 Å². The van der Waals surface area contributed by atoms with Crippen molar-refractivity contribution >= 4 is 5.91 Å². The van der Waals surface area contributed by atoms with Crippen molar-refractivity contribution in [2.24, 2.45) is 11.7 Å². The quantitative estimate of drug-likeness (QED) is 0.753. The number of amides is 1. The zero-order valence-electron chi connectivity index (χ0n) is 14.8. The van der Waals surface area contributed by atoms with Gasteiger partial charge in [-0.3, -0.25) is 9.69 Å². The molecule has 1 unspecified atom stereocenters. The molecule has 2 aliphatic heterocycles. The van der Waals surface area contributed by atoms with Gasteiger partial charge in [0.25, 0.3) is 0 Å². The van der Waals surface area contributed by atoms with Crippen molar-refractivity contribution in [3.05, 3.63) is 0 Å². The minimum absolute atomic E-state index is 0.0308. The van der Waals surface area contributed by atoms with E-state index in [1.165, 1.54) is 0 Å². The number of nitrogens with one attached hydrogen (secondary N) is 1. The Morgan fingerprint density at radius 1 is 1.30 bits per heavy atom. The normalized spacial score (nSPS) is 23.7. The average molecular weight is 327 g/mol. The van der Waals surface area contributed by atoms with Gasteiger partial charge >= 0.3 is 0 Å². The molecule has 2 fully saturated rings. The minimum Gasteiger partial charge on any atom is -0.381 e. The second-order valence-corrected chi connectivity index (χ2v) is 7.43. The number of ether oxygens (including phenoxy) is 2. The van der Waals surface area contributed by atoms with Crippen molar-refractivity contribution in [2.75, 3.05) is 40.0 Å². The van der Waals surface area contributed by atoms with Crippen molar-refractivity contribution in [1.82, 2.24) is 10.2 Å². The molecule has 1 amide bonds. The van der Waals surface area contributed by atoms with E-state index in [-0.39, 0.29) is 17.4 Å². The fourth-order valence-corrected chi connectivity index (χ4v) is 3.52. The first-order chi connectivity index (χ1) is 10.9. The van der Waals surface area contributed by atoms with Crippen LogP contribution in [0.5, 0.6) is 0 Å². The summed E-state index contributed by atoms with van der Waals surface area (Å²) in [5, 5.41) is 3.06. The highest BCUT2D eigenvalue weighted by atomic mass is 16.5. The predicted octanol–water partition coefficient (Wildman–Crippen LogP) is 0.746. The molecule has 6 heteroatoms. The molecular weight excluding hydrogens is 294 g/mol. The third kappa shape index (κ3) is 5.14. The van der Waals surface area contributed by atoms with Gasteiger partial charge in [-0.2, -0.15) is 0 Å². The molecule has 0 radical (unpaired) electrons. The number of rotatable bonds is 6. The van der Waals surface area contributed by atoms with Crippen LogP contribution >= 0.6 is 0 Å². The first kappa shape index (κ1) is 18.6. The van der Waals surface area contributed by atoms with E-state index >= 15 is 0 Å². The van der Waals surface area contributed by atoms with Gasteiger partial charge in [0.2, 0.25) is 5.91 Å². The molecule has 1 atom stereocenters. The van der Waals surface area contributed by atoms with Crippen LogP contribution in [0.4, 0.5) is 0 Å². The Morgan fingerprint density at radius 2 is 1.91 bits per heavy atom. The van der Waals surface area contributed by atoms with Crippen molar-refractivity contribution in [2.45, 2.75) is 57.2 Å². The molecule has 6 nitrogen and oxygen atoms in total. The smallest absolute Gasteiger partial charge is 0.237 e. The maximum atomic E-state index is 12.4. The van der Waals surface area contributed by atoms with Crippen LogP contribution < -0.4 is 11.1 Å². The fraction of sp³-hybridized carbons (Fsp3) is 0.941. The molecule has 2 heterocycles. The summed E-state index contributed by atoms with van der Waals surface area (Å²) in [6.45, 7) is 8.43. The Labute approximate surface area is 140 Å². The van der Waals surface area contributed by atoms with Gasteiger partial charge in [-0.25, -0.2) is 0 Å². The van der Waals surface area contributed by atoms with Crippen LogP contribution in [-0.4, -0.2) is 68.4 Å². The van der Waals surface area contributed by atoms with E-state index in [4.69, 9.17) is 15.2 Å². The standard InChI is InChI=1S/C17H33N3O3/c1-17(2,20-8-4-14(22-3)5-9-20)12-19-16(21)15(18)13-6-10-23-11-7-13/h13-15H,4-12,18H2,1-3H3,(H,19,21). The number of piperidine rings is 1. The molecule has 2 saturated heterocycles. The topological polar surface area (TPSA) is 76.8 Å². The summed E-state index contributed by atoms with van der Waals surface area (Å²) >= 11 is 0. The Bertz CT molecular complexity index is 375. The third-order valence-electron chi connectivity index (χ3n) is 5.40. The monoisotopic (exact) mass is 327 g/mol. The van der Waals surface area contributed by atoms with E-state index in [9.17, 15) is 4.79 Å². The summed E-state index contributed by atoms with van der Waals surface area (Å²) < 4.78 is 10.8. The molecule has 0 aromatic heterocycles. The number of methoxy groups -OCH3 is 1. The molecule has 0 saturated carbocycles. The van der Waals surface area contributed by atoms with Gasteiger partial charge in [-0.05, 0) is 45.4 Å². The summed E-state index contributed by atoms with van der Waals surface area (Å²) in [4.78, 5) is 14.8. The van der Waals surface area contributed by atoms with E-state index in [2.05, 4.69) is 24.1 Å². The summed E-state index contributed by atoms with van der Waals surface area (Å²) in [7, 11) is 1.78. The van der Waals surface area contributed by atoms with Gasteiger partial charge in [0.15, 0.2) is 0 Å². The Morgan fingerprint density at radius 3 is 2.48 bits per heavy atom. The van der Waals surface area contributed by atoms with Gasteiger partial charge in [-0.15, -0.1) is 0 Å². The highest BCUT2D eigenvalue weighted by Gasteiger charge is 2.32. The molecule has 23 heavy (non-hydrogen) atoms. The highest BCUT2D eigenvalue weighted by molar-refractivity contribution is 5.81. The molecule has 2 rings (SSSR count). The Balaban J connectivity index is 1.77. The van der Waals surface area contributed by atoms with Crippen molar-refractivity contribution < 1.29 is 14.3 Å². The lowest BCUT2D eigenvalue weighted by molar-refractivity contribution is -0.125.